The third-order valence-electron chi connectivity index (χ3n) is 4.08. The molecule has 0 saturated heterocycles. The van der Waals surface area contributed by atoms with Crippen LogP contribution in [0.4, 0.5) is 28.8 Å². The largest absolute Gasteiger partial charge is 0.399 e. The molecule has 0 bridgehead atoms. The van der Waals surface area contributed by atoms with Crippen molar-refractivity contribution < 1.29 is 4.79 Å². The van der Waals surface area contributed by atoms with Crippen LogP contribution in [0, 0.1) is 20.8 Å². The van der Waals surface area contributed by atoms with Crippen LogP contribution in [0.2, 0.25) is 0 Å². The van der Waals surface area contributed by atoms with Crippen molar-refractivity contribution in [2.24, 2.45) is 5.73 Å². The molecule has 1 heterocycles. The molecule has 0 fully saturated rings. The Morgan fingerprint density at radius 2 is 1.56 bits per heavy atom. The van der Waals surface area contributed by atoms with Gasteiger partial charge in [0, 0.05) is 23.1 Å². The summed E-state index contributed by atoms with van der Waals surface area (Å²) < 4.78 is 0. The van der Waals surface area contributed by atoms with Crippen molar-refractivity contribution in [2.75, 3.05) is 16.4 Å². The van der Waals surface area contributed by atoms with Gasteiger partial charge in [-0.05, 0) is 56.2 Å². The van der Waals surface area contributed by atoms with E-state index in [9.17, 15) is 4.79 Å². The van der Waals surface area contributed by atoms with E-state index in [4.69, 9.17) is 11.5 Å². The SMILES string of the molecule is Cc1cc(C)c(Nc2cc(C(N)=O)nc(Nc3ccc(N)cc3)n2)c(C)c1. The zero-order valence-electron chi connectivity index (χ0n) is 15.5. The number of benzene rings is 2. The summed E-state index contributed by atoms with van der Waals surface area (Å²) >= 11 is 0. The standard InChI is InChI=1S/C20H22N6O/c1-11-8-12(2)18(13(3)9-11)25-17-10-16(19(22)27)24-20(26-17)23-15-6-4-14(21)5-7-15/h4-10H,21H2,1-3H3,(H2,22,27)(H2,23,24,25,26). The number of anilines is 5. The van der Waals surface area contributed by atoms with Gasteiger partial charge in [-0.3, -0.25) is 4.79 Å². The molecule has 27 heavy (non-hydrogen) atoms. The Morgan fingerprint density at radius 1 is 0.926 bits per heavy atom. The van der Waals surface area contributed by atoms with E-state index in [1.807, 2.05) is 20.8 Å². The van der Waals surface area contributed by atoms with Gasteiger partial charge in [0.15, 0.2) is 0 Å². The number of rotatable bonds is 5. The van der Waals surface area contributed by atoms with Crippen molar-refractivity contribution in [3.05, 3.63) is 64.8 Å². The summed E-state index contributed by atoms with van der Waals surface area (Å²) in [4.78, 5) is 20.3. The highest BCUT2D eigenvalue weighted by Crippen LogP contribution is 2.26. The normalized spacial score (nSPS) is 10.5. The van der Waals surface area contributed by atoms with Crippen LogP contribution in [-0.4, -0.2) is 15.9 Å². The minimum Gasteiger partial charge on any atom is -0.399 e. The van der Waals surface area contributed by atoms with E-state index >= 15 is 0 Å². The first kappa shape index (κ1) is 18.2. The van der Waals surface area contributed by atoms with E-state index in [2.05, 4.69) is 32.7 Å². The molecule has 7 nitrogen and oxygen atoms in total. The van der Waals surface area contributed by atoms with Crippen LogP contribution < -0.4 is 22.1 Å². The van der Waals surface area contributed by atoms with E-state index < -0.39 is 5.91 Å². The lowest BCUT2D eigenvalue weighted by Gasteiger charge is -2.15. The molecule has 6 N–H and O–H groups in total. The van der Waals surface area contributed by atoms with Crippen LogP contribution in [0.5, 0.6) is 0 Å². The predicted molar refractivity (Wildman–Crippen MR) is 109 cm³/mol. The van der Waals surface area contributed by atoms with E-state index in [0.29, 0.717) is 11.5 Å². The quantitative estimate of drug-likeness (QED) is 0.515. The summed E-state index contributed by atoms with van der Waals surface area (Å²) in [5.74, 6) is 0.117. The molecule has 0 aliphatic carbocycles. The highest BCUT2D eigenvalue weighted by atomic mass is 16.1. The minimum absolute atomic E-state index is 0.118. The van der Waals surface area contributed by atoms with Crippen LogP contribution in [0.15, 0.2) is 42.5 Å². The summed E-state index contributed by atoms with van der Waals surface area (Å²) in [6.07, 6.45) is 0. The van der Waals surface area contributed by atoms with Gasteiger partial charge >= 0.3 is 0 Å². The van der Waals surface area contributed by atoms with Crippen molar-refractivity contribution in [1.29, 1.82) is 0 Å². The maximum absolute atomic E-state index is 11.7. The summed E-state index contributed by atoms with van der Waals surface area (Å²) in [6.45, 7) is 6.09. The van der Waals surface area contributed by atoms with Crippen molar-refractivity contribution in [3.63, 3.8) is 0 Å². The van der Waals surface area contributed by atoms with Crippen LogP contribution in [0.25, 0.3) is 0 Å². The molecule has 1 aromatic heterocycles. The Hall–Kier alpha value is -3.61. The number of aryl methyl sites for hydroxylation is 3. The fraction of sp³-hybridized carbons (Fsp3) is 0.150. The van der Waals surface area contributed by atoms with Crippen LogP contribution in [-0.2, 0) is 0 Å². The van der Waals surface area contributed by atoms with E-state index in [1.165, 1.54) is 11.6 Å². The zero-order valence-corrected chi connectivity index (χ0v) is 15.5. The molecule has 0 aliphatic heterocycles. The maximum Gasteiger partial charge on any atom is 0.267 e. The molecule has 0 saturated carbocycles. The first-order chi connectivity index (χ1) is 12.8. The van der Waals surface area contributed by atoms with E-state index in [0.717, 1.165) is 22.5 Å². The summed E-state index contributed by atoms with van der Waals surface area (Å²) in [7, 11) is 0. The molecule has 0 radical (unpaired) electrons. The van der Waals surface area contributed by atoms with Gasteiger partial charge in [0.2, 0.25) is 5.95 Å². The number of carbonyl (C=O) groups excluding carboxylic acids is 1. The molecule has 0 spiro atoms. The third kappa shape index (κ3) is 4.33. The number of nitrogen functional groups attached to an aromatic ring is 1. The van der Waals surface area contributed by atoms with Crippen molar-refractivity contribution >= 4 is 34.7 Å². The highest BCUT2D eigenvalue weighted by Gasteiger charge is 2.12. The summed E-state index contributed by atoms with van der Waals surface area (Å²) in [6, 6.07) is 12.8. The van der Waals surface area contributed by atoms with E-state index in [1.54, 1.807) is 24.3 Å². The molecule has 7 heteroatoms. The predicted octanol–water partition coefficient (Wildman–Crippen LogP) is 3.57. The van der Waals surface area contributed by atoms with Crippen LogP contribution in [0.3, 0.4) is 0 Å². The number of nitrogens with one attached hydrogen (secondary N) is 2. The Morgan fingerprint density at radius 3 is 2.15 bits per heavy atom. The molecule has 2 aromatic carbocycles. The highest BCUT2D eigenvalue weighted by molar-refractivity contribution is 5.92. The van der Waals surface area contributed by atoms with Gasteiger partial charge in [0.25, 0.3) is 5.91 Å². The number of nitrogens with two attached hydrogens (primary N) is 2. The lowest BCUT2D eigenvalue weighted by molar-refractivity contribution is 0.0995. The molecular formula is C20H22N6O. The number of amides is 1. The number of nitrogens with zero attached hydrogens (tertiary/aromatic N) is 2. The zero-order chi connectivity index (χ0) is 19.6. The van der Waals surface area contributed by atoms with Gasteiger partial charge in [-0.2, -0.15) is 4.98 Å². The Balaban J connectivity index is 1.96. The number of hydrogen-bond acceptors (Lipinski definition) is 6. The Bertz CT molecular complexity index is 975. The molecule has 3 aromatic rings. The fourth-order valence-corrected chi connectivity index (χ4v) is 2.89. The lowest BCUT2D eigenvalue weighted by atomic mass is 10.1. The molecule has 1 amide bonds. The monoisotopic (exact) mass is 362 g/mol. The van der Waals surface area contributed by atoms with Crippen molar-refractivity contribution in [2.45, 2.75) is 20.8 Å². The van der Waals surface area contributed by atoms with Gasteiger partial charge in [0.05, 0.1) is 0 Å². The Labute approximate surface area is 157 Å². The van der Waals surface area contributed by atoms with Gasteiger partial charge in [-0.25, -0.2) is 4.98 Å². The minimum atomic E-state index is -0.627. The molecule has 0 atom stereocenters. The van der Waals surface area contributed by atoms with Crippen molar-refractivity contribution in [3.8, 4) is 0 Å². The van der Waals surface area contributed by atoms with Gasteiger partial charge in [-0.15, -0.1) is 0 Å². The molecule has 0 unspecified atom stereocenters. The first-order valence-electron chi connectivity index (χ1n) is 8.48. The van der Waals surface area contributed by atoms with Crippen molar-refractivity contribution in [1.82, 2.24) is 9.97 Å². The third-order valence-corrected chi connectivity index (χ3v) is 4.08. The smallest absolute Gasteiger partial charge is 0.267 e. The van der Waals surface area contributed by atoms with Gasteiger partial charge in [0.1, 0.15) is 11.5 Å². The second kappa shape index (κ2) is 7.33. The second-order valence-corrected chi connectivity index (χ2v) is 6.47. The molecule has 3 rings (SSSR count). The number of carbonyl (C=O) groups is 1. The fourth-order valence-electron chi connectivity index (χ4n) is 2.89. The average molecular weight is 362 g/mol. The number of hydrogen-bond donors (Lipinski definition) is 4. The molecule has 138 valence electrons. The molecular weight excluding hydrogens is 340 g/mol. The van der Waals surface area contributed by atoms with Gasteiger partial charge in [-0.1, -0.05) is 17.7 Å². The number of primary amides is 1. The first-order valence-corrected chi connectivity index (χ1v) is 8.48. The lowest BCUT2D eigenvalue weighted by Crippen LogP contribution is -2.15. The van der Waals surface area contributed by atoms with Gasteiger partial charge < -0.3 is 22.1 Å². The Kier molecular flexibility index (Phi) is 4.94. The topological polar surface area (TPSA) is 119 Å². The second-order valence-electron chi connectivity index (χ2n) is 6.47. The van der Waals surface area contributed by atoms with Crippen LogP contribution in [0.1, 0.15) is 27.2 Å². The van der Waals surface area contributed by atoms with Crippen LogP contribution >= 0.6 is 0 Å². The summed E-state index contributed by atoms with van der Waals surface area (Å²) in [5.41, 5.74) is 16.9. The number of aromatic nitrogens is 2. The van der Waals surface area contributed by atoms with E-state index in [-0.39, 0.29) is 11.6 Å². The average Bonchev–Trinajstić information content (AvgIpc) is 2.60. The molecule has 0 aliphatic rings. The maximum atomic E-state index is 11.7. The summed E-state index contributed by atoms with van der Waals surface area (Å²) in [5, 5.41) is 6.34.